The molecule has 0 spiro atoms. The fraction of sp³-hybridized carbons (Fsp3) is 0. The normalized spacial score (nSPS) is 10.2. The lowest BCUT2D eigenvalue weighted by Crippen LogP contribution is -2.03. The highest BCUT2D eigenvalue weighted by molar-refractivity contribution is 9.10. The molecule has 0 saturated carbocycles. The molecule has 0 aliphatic rings. The molecule has 0 aliphatic heterocycles. The maximum Gasteiger partial charge on any atom is 0.342 e. The number of rotatable bonds is 4. The SMILES string of the molecule is O=C(O)c1cc(Nc2ccc(Cl)cc2Br)ccc1[N+](=O)[O-]. The van der Waals surface area contributed by atoms with Crippen LogP contribution in [0.5, 0.6) is 0 Å². The molecule has 0 bridgehead atoms. The molecule has 2 aromatic rings. The average Bonchev–Trinajstić information content (AvgIpc) is 2.41. The summed E-state index contributed by atoms with van der Waals surface area (Å²) >= 11 is 9.15. The number of anilines is 2. The van der Waals surface area contributed by atoms with Crippen molar-refractivity contribution in [1.82, 2.24) is 0 Å². The molecule has 0 saturated heterocycles. The zero-order valence-electron chi connectivity index (χ0n) is 10.3. The fourth-order valence-corrected chi connectivity index (χ4v) is 2.47. The van der Waals surface area contributed by atoms with E-state index < -0.39 is 16.6 Å². The van der Waals surface area contributed by atoms with Crippen LogP contribution in [-0.4, -0.2) is 16.0 Å². The number of carboxylic acid groups (broad SMARTS) is 1. The standard InChI is InChI=1S/C13H8BrClN2O4/c14-10-5-7(15)1-3-11(10)16-8-2-4-12(17(20)21)9(6-8)13(18)19/h1-6,16H,(H,18,19). The molecule has 6 nitrogen and oxygen atoms in total. The largest absolute Gasteiger partial charge is 0.477 e. The van der Waals surface area contributed by atoms with Gasteiger partial charge in [-0.1, -0.05) is 11.6 Å². The molecule has 2 aromatic carbocycles. The van der Waals surface area contributed by atoms with Crippen LogP contribution in [0.3, 0.4) is 0 Å². The maximum atomic E-state index is 11.1. The third kappa shape index (κ3) is 3.50. The minimum absolute atomic E-state index is 0.380. The van der Waals surface area contributed by atoms with Gasteiger partial charge in [0.1, 0.15) is 5.56 Å². The second-order valence-electron chi connectivity index (χ2n) is 4.04. The number of carboxylic acids is 1. The summed E-state index contributed by atoms with van der Waals surface area (Å²) in [4.78, 5) is 21.1. The predicted octanol–water partition coefficient (Wildman–Crippen LogP) is 4.45. The van der Waals surface area contributed by atoms with Gasteiger partial charge in [0.15, 0.2) is 0 Å². The van der Waals surface area contributed by atoms with Crippen LogP contribution in [0.15, 0.2) is 40.9 Å². The minimum atomic E-state index is -1.36. The Labute approximate surface area is 132 Å². The zero-order valence-corrected chi connectivity index (χ0v) is 12.7. The number of aromatic carboxylic acids is 1. The Balaban J connectivity index is 2.39. The second-order valence-corrected chi connectivity index (χ2v) is 5.33. The van der Waals surface area contributed by atoms with Crippen molar-refractivity contribution >= 4 is 50.6 Å². The maximum absolute atomic E-state index is 11.1. The Bertz CT molecular complexity index is 736. The molecule has 0 unspecified atom stereocenters. The van der Waals surface area contributed by atoms with Crippen molar-refractivity contribution < 1.29 is 14.8 Å². The fourth-order valence-electron chi connectivity index (χ4n) is 1.69. The number of nitrogens with one attached hydrogen (secondary N) is 1. The smallest absolute Gasteiger partial charge is 0.342 e. The van der Waals surface area contributed by atoms with Gasteiger partial charge in [0.05, 0.1) is 10.6 Å². The lowest BCUT2D eigenvalue weighted by Gasteiger charge is -2.09. The van der Waals surface area contributed by atoms with Gasteiger partial charge < -0.3 is 10.4 Å². The molecule has 0 fully saturated rings. The van der Waals surface area contributed by atoms with Crippen LogP contribution in [0.2, 0.25) is 5.02 Å². The van der Waals surface area contributed by atoms with Gasteiger partial charge in [-0.25, -0.2) is 4.79 Å². The van der Waals surface area contributed by atoms with E-state index in [4.69, 9.17) is 16.7 Å². The van der Waals surface area contributed by atoms with E-state index in [9.17, 15) is 14.9 Å². The molecule has 108 valence electrons. The highest BCUT2D eigenvalue weighted by Crippen LogP contribution is 2.30. The number of benzene rings is 2. The van der Waals surface area contributed by atoms with Crippen molar-refractivity contribution in [2.24, 2.45) is 0 Å². The van der Waals surface area contributed by atoms with Crippen LogP contribution < -0.4 is 5.32 Å². The van der Waals surface area contributed by atoms with Gasteiger partial charge >= 0.3 is 5.97 Å². The minimum Gasteiger partial charge on any atom is -0.477 e. The Morgan fingerprint density at radius 2 is 2.00 bits per heavy atom. The Kier molecular flexibility index (Phi) is 4.44. The first kappa shape index (κ1) is 15.3. The first-order chi connectivity index (χ1) is 9.88. The van der Waals surface area contributed by atoms with Crippen molar-refractivity contribution in [3.05, 3.63) is 61.6 Å². The van der Waals surface area contributed by atoms with Crippen molar-refractivity contribution in [3.63, 3.8) is 0 Å². The quantitative estimate of drug-likeness (QED) is 0.612. The summed E-state index contributed by atoms with van der Waals surface area (Å²) in [6, 6.07) is 8.84. The molecule has 0 aliphatic carbocycles. The molecule has 0 amide bonds. The Hall–Kier alpha value is -2.12. The van der Waals surface area contributed by atoms with Crippen LogP contribution in [0.4, 0.5) is 17.1 Å². The third-order valence-corrected chi connectivity index (χ3v) is 3.52. The molecular formula is C13H8BrClN2O4. The first-order valence-electron chi connectivity index (χ1n) is 5.62. The van der Waals surface area contributed by atoms with E-state index >= 15 is 0 Å². The number of nitrogens with zero attached hydrogens (tertiary/aromatic N) is 1. The average molecular weight is 372 g/mol. The highest BCUT2D eigenvalue weighted by Gasteiger charge is 2.20. The zero-order chi connectivity index (χ0) is 15.6. The summed E-state index contributed by atoms with van der Waals surface area (Å²) in [5.74, 6) is -1.36. The van der Waals surface area contributed by atoms with Crippen LogP contribution in [0.25, 0.3) is 0 Å². The van der Waals surface area contributed by atoms with E-state index in [-0.39, 0.29) is 5.56 Å². The lowest BCUT2D eigenvalue weighted by atomic mass is 10.1. The summed E-state index contributed by atoms with van der Waals surface area (Å²) in [5, 5.41) is 23.3. The second kappa shape index (κ2) is 6.11. The summed E-state index contributed by atoms with van der Waals surface area (Å²) in [6.45, 7) is 0. The molecule has 0 atom stereocenters. The highest BCUT2D eigenvalue weighted by atomic mass is 79.9. The molecule has 2 N–H and O–H groups in total. The van der Waals surface area contributed by atoms with Crippen molar-refractivity contribution in [2.45, 2.75) is 0 Å². The van der Waals surface area contributed by atoms with Gasteiger partial charge in [-0.05, 0) is 46.3 Å². The van der Waals surface area contributed by atoms with Crippen molar-refractivity contribution in [1.29, 1.82) is 0 Å². The van der Waals surface area contributed by atoms with Gasteiger partial charge in [-0.2, -0.15) is 0 Å². The number of halogens is 2. The van der Waals surface area contributed by atoms with Gasteiger partial charge in [0.2, 0.25) is 0 Å². The monoisotopic (exact) mass is 370 g/mol. The molecule has 0 aromatic heterocycles. The summed E-state index contributed by atoms with van der Waals surface area (Å²) in [7, 11) is 0. The number of hydrogen-bond acceptors (Lipinski definition) is 4. The third-order valence-electron chi connectivity index (χ3n) is 2.63. The lowest BCUT2D eigenvalue weighted by molar-refractivity contribution is -0.385. The van der Waals surface area contributed by atoms with Gasteiger partial charge in [-0.3, -0.25) is 10.1 Å². The number of nitro groups is 1. The molecule has 8 heteroatoms. The Morgan fingerprint density at radius 1 is 1.29 bits per heavy atom. The van der Waals surface area contributed by atoms with E-state index in [0.29, 0.717) is 20.9 Å². The van der Waals surface area contributed by atoms with E-state index in [1.807, 2.05) is 0 Å². The van der Waals surface area contributed by atoms with E-state index in [2.05, 4.69) is 21.2 Å². The predicted molar refractivity (Wildman–Crippen MR) is 82.5 cm³/mol. The first-order valence-corrected chi connectivity index (χ1v) is 6.79. The topological polar surface area (TPSA) is 92.5 Å². The van der Waals surface area contributed by atoms with Gasteiger partial charge in [0, 0.05) is 21.2 Å². The van der Waals surface area contributed by atoms with Crippen LogP contribution in [0.1, 0.15) is 10.4 Å². The van der Waals surface area contributed by atoms with Crippen molar-refractivity contribution in [2.75, 3.05) is 5.32 Å². The summed E-state index contributed by atoms with van der Waals surface area (Å²) < 4.78 is 0.685. The number of carbonyl (C=O) groups is 1. The van der Waals surface area contributed by atoms with E-state index in [1.165, 1.54) is 12.1 Å². The summed E-state index contributed by atoms with van der Waals surface area (Å²) in [6.07, 6.45) is 0. The molecular weight excluding hydrogens is 364 g/mol. The van der Waals surface area contributed by atoms with Crippen LogP contribution >= 0.6 is 27.5 Å². The van der Waals surface area contributed by atoms with Gasteiger partial charge in [-0.15, -0.1) is 0 Å². The van der Waals surface area contributed by atoms with E-state index in [1.54, 1.807) is 18.2 Å². The van der Waals surface area contributed by atoms with E-state index in [0.717, 1.165) is 6.07 Å². The number of nitro benzene ring substituents is 1. The van der Waals surface area contributed by atoms with Gasteiger partial charge in [0.25, 0.3) is 5.69 Å². The Morgan fingerprint density at radius 3 is 2.57 bits per heavy atom. The van der Waals surface area contributed by atoms with Crippen LogP contribution in [-0.2, 0) is 0 Å². The van der Waals surface area contributed by atoms with Crippen LogP contribution in [0, 0.1) is 10.1 Å². The molecule has 0 radical (unpaired) electrons. The molecule has 0 heterocycles. The molecule has 2 rings (SSSR count). The molecule has 21 heavy (non-hydrogen) atoms. The number of hydrogen-bond donors (Lipinski definition) is 2. The van der Waals surface area contributed by atoms with Crippen molar-refractivity contribution in [3.8, 4) is 0 Å². The summed E-state index contributed by atoms with van der Waals surface area (Å²) in [5.41, 5.74) is 0.240.